The molecule has 17 heavy (non-hydrogen) atoms. The van der Waals surface area contributed by atoms with Gasteiger partial charge >= 0.3 is 5.97 Å². The highest BCUT2D eigenvalue weighted by atomic mass is 16.5. The Morgan fingerprint density at radius 3 is 2.82 bits per heavy atom. The largest absolute Gasteiger partial charge is 0.481 e. The molecular weight excluding hydrogens is 218 g/mol. The molecule has 2 heterocycles. The van der Waals surface area contributed by atoms with Crippen molar-refractivity contribution in [2.45, 2.75) is 51.2 Å². The molecule has 0 radical (unpaired) electrons. The van der Waals surface area contributed by atoms with Gasteiger partial charge in [-0.25, -0.2) is 0 Å². The number of carboxylic acid groups (broad SMARTS) is 1. The summed E-state index contributed by atoms with van der Waals surface area (Å²) in [6.07, 6.45) is 4.31. The molecule has 2 saturated heterocycles. The molecule has 0 aromatic carbocycles. The summed E-state index contributed by atoms with van der Waals surface area (Å²) in [5.41, 5.74) is 0.00660. The fraction of sp³-hybridized carbons (Fsp3) is 0.923. The Labute approximate surface area is 103 Å². The Balaban J connectivity index is 1.81. The van der Waals surface area contributed by atoms with E-state index in [0.29, 0.717) is 6.54 Å². The molecular formula is C13H23NO3. The zero-order chi connectivity index (χ0) is 12.5. The summed E-state index contributed by atoms with van der Waals surface area (Å²) >= 11 is 0. The second-order valence-corrected chi connectivity index (χ2v) is 5.98. The van der Waals surface area contributed by atoms with E-state index in [1.807, 2.05) is 0 Å². The lowest BCUT2D eigenvalue weighted by Crippen LogP contribution is -2.42. The molecule has 4 heteroatoms. The van der Waals surface area contributed by atoms with Crippen LogP contribution >= 0.6 is 0 Å². The van der Waals surface area contributed by atoms with E-state index in [0.717, 1.165) is 38.8 Å². The third-order valence-corrected chi connectivity index (χ3v) is 3.87. The summed E-state index contributed by atoms with van der Waals surface area (Å²) in [4.78, 5) is 13.2. The van der Waals surface area contributed by atoms with Crippen LogP contribution in [0.25, 0.3) is 0 Å². The highest BCUT2D eigenvalue weighted by molar-refractivity contribution is 5.70. The maximum absolute atomic E-state index is 11.0. The van der Waals surface area contributed by atoms with E-state index in [4.69, 9.17) is 9.84 Å². The van der Waals surface area contributed by atoms with Gasteiger partial charge < -0.3 is 9.84 Å². The van der Waals surface area contributed by atoms with Crippen molar-refractivity contribution in [3.05, 3.63) is 0 Å². The summed E-state index contributed by atoms with van der Waals surface area (Å²) < 4.78 is 5.96. The number of carbonyl (C=O) groups is 1. The smallest absolute Gasteiger partial charge is 0.307 e. The van der Waals surface area contributed by atoms with Crippen LogP contribution < -0.4 is 0 Å². The minimum Gasteiger partial charge on any atom is -0.481 e. The number of rotatable bonds is 3. The van der Waals surface area contributed by atoms with Gasteiger partial charge in [0.15, 0.2) is 0 Å². The molecule has 2 atom stereocenters. The number of aliphatic carboxylic acids is 1. The molecule has 0 saturated carbocycles. The molecule has 4 nitrogen and oxygen atoms in total. The van der Waals surface area contributed by atoms with Crippen molar-refractivity contribution in [3.8, 4) is 0 Å². The Bertz CT molecular complexity index is 290. The van der Waals surface area contributed by atoms with Crippen molar-refractivity contribution in [3.63, 3.8) is 0 Å². The highest BCUT2D eigenvalue weighted by Crippen LogP contribution is 2.30. The molecule has 0 bridgehead atoms. The van der Waals surface area contributed by atoms with Crippen LogP contribution in [0.4, 0.5) is 0 Å². The van der Waals surface area contributed by atoms with Crippen LogP contribution in [-0.2, 0) is 9.53 Å². The first-order chi connectivity index (χ1) is 7.96. The number of piperidine rings is 1. The van der Waals surface area contributed by atoms with E-state index >= 15 is 0 Å². The first-order valence-corrected chi connectivity index (χ1v) is 6.59. The van der Waals surface area contributed by atoms with Gasteiger partial charge in [-0.3, -0.25) is 9.69 Å². The van der Waals surface area contributed by atoms with Crippen LogP contribution in [0.1, 0.15) is 39.5 Å². The van der Waals surface area contributed by atoms with Crippen LogP contribution in [0, 0.1) is 5.92 Å². The van der Waals surface area contributed by atoms with Gasteiger partial charge in [-0.2, -0.15) is 0 Å². The molecule has 2 unspecified atom stereocenters. The number of carboxylic acids is 1. The van der Waals surface area contributed by atoms with E-state index in [1.165, 1.54) is 0 Å². The fourth-order valence-corrected chi connectivity index (χ4v) is 2.92. The zero-order valence-corrected chi connectivity index (χ0v) is 10.8. The van der Waals surface area contributed by atoms with E-state index in [2.05, 4.69) is 18.7 Å². The van der Waals surface area contributed by atoms with Gasteiger partial charge in [-0.05, 0) is 46.1 Å². The van der Waals surface area contributed by atoms with Gasteiger partial charge in [-0.15, -0.1) is 0 Å². The summed E-state index contributed by atoms with van der Waals surface area (Å²) in [5.74, 6) is -0.833. The Kier molecular flexibility index (Phi) is 3.73. The predicted molar refractivity (Wildman–Crippen MR) is 65.0 cm³/mol. The second-order valence-electron chi connectivity index (χ2n) is 5.98. The van der Waals surface area contributed by atoms with Gasteiger partial charge in [-0.1, -0.05) is 0 Å². The van der Waals surface area contributed by atoms with Crippen molar-refractivity contribution >= 4 is 5.97 Å². The summed E-state index contributed by atoms with van der Waals surface area (Å²) in [7, 11) is 0. The van der Waals surface area contributed by atoms with Crippen molar-refractivity contribution in [2.75, 3.05) is 19.6 Å². The first-order valence-electron chi connectivity index (χ1n) is 6.59. The minimum atomic E-state index is -0.651. The monoisotopic (exact) mass is 241 g/mol. The molecule has 1 N–H and O–H groups in total. The predicted octanol–water partition coefficient (Wildman–Crippen LogP) is 1.74. The van der Waals surface area contributed by atoms with Crippen molar-refractivity contribution < 1.29 is 14.6 Å². The Morgan fingerprint density at radius 2 is 2.24 bits per heavy atom. The SMILES string of the molecule is CC1(C)CCC(CN2CCCC(C(=O)O)C2)O1. The van der Waals surface area contributed by atoms with Crippen LogP contribution in [0.3, 0.4) is 0 Å². The quantitative estimate of drug-likeness (QED) is 0.817. The molecule has 0 spiro atoms. The van der Waals surface area contributed by atoms with Crippen molar-refractivity contribution in [2.24, 2.45) is 5.92 Å². The van der Waals surface area contributed by atoms with Crippen LogP contribution in [-0.4, -0.2) is 47.3 Å². The van der Waals surface area contributed by atoms with Gasteiger partial charge in [0, 0.05) is 13.1 Å². The van der Waals surface area contributed by atoms with E-state index in [-0.39, 0.29) is 17.6 Å². The molecule has 98 valence electrons. The molecule has 2 rings (SSSR count). The van der Waals surface area contributed by atoms with Gasteiger partial charge in [0.1, 0.15) is 0 Å². The molecule has 2 aliphatic heterocycles. The first kappa shape index (κ1) is 12.8. The van der Waals surface area contributed by atoms with Gasteiger partial charge in [0.05, 0.1) is 17.6 Å². The van der Waals surface area contributed by atoms with Gasteiger partial charge in [0.2, 0.25) is 0 Å². The number of likely N-dealkylation sites (tertiary alicyclic amines) is 1. The maximum Gasteiger partial charge on any atom is 0.307 e. The standard InChI is InChI=1S/C13H23NO3/c1-13(2)6-5-11(17-13)9-14-7-3-4-10(8-14)12(15)16/h10-11H,3-9H2,1-2H3,(H,15,16). The number of ether oxygens (including phenoxy) is 1. The lowest BCUT2D eigenvalue weighted by atomic mass is 9.98. The fourth-order valence-electron chi connectivity index (χ4n) is 2.92. The summed E-state index contributed by atoms with van der Waals surface area (Å²) in [6.45, 7) is 6.86. The topological polar surface area (TPSA) is 49.8 Å². The molecule has 0 aromatic heterocycles. The number of hydrogen-bond acceptors (Lipinski definition) is 3. The Hall–Kier alpha value is -0.610. The molecule has 0 amide bonds. The van der Waals surface area contributed by atoms with Crippen molar-refractivity contribution in [1.29, 1.82) is 0 Å². The number of nitrogens with zero attached hydrogens (tertiary/aromatic N) is 1. The molecule has 0 aromatic rings. The van der Waals surface area contributed by atoms with E-state index < -0.39 is 5.97 Å². The summed E-state index contributed by atoms with van der Waals surface area (Å²) in [6, 6.07) is 0. The van der Waals surface area contributed by atoms with Crippen LogP contribution in [0.5, 0.6) is 0 Å². The van der Waals surface area contributed by atoms with E-state index in [1.54, 1.807) is 0 Å². The third kappa shape index (κ3) is 3.42. The average Bonchev–Trinajstić information content (AvgIpc) is 2.58. The normalized spacial score (nSPS) is 33.8. The highest BCUT2D eigenvalue weighted by Gasteiger charge is 2.34. The average molecular weight is 241 g/mol. The van der Waals surface area contributed by atoms with Crippen molar-refractivity contribution in [1.82, 2.24) is 4.90 Å². The lowest BCUT2D eigenvalue weighted by Gasteiger charge is -2.32. The van der Waals surface area contributed by atoms with E-state index in [9.17, 15) is 4.79 Å². The zero-order valence-electron chi connectivity index (χ0n) is 10.8. The lowest BCUT2D eigenvalue weighted by molar-refractivity contribution is -0.144. The molecule has 2 aliphatic rings. The number of hydrogen-bond donors (Lipinski definition) is 1. The Morgan fingerprint density at radius 1 is 1.47 bits per heavy atom. The second kappa shape index (κ2) is 4.94. The summed E-state index contributed by atoms with van der Waals surface area (Å²) in [5, 5.41) is 9.04. The third-order valence-electron chi connectivity index (χ3n) is 3.87. The maximum atomic E-state index is 11.0. The molecule has 0 aliphatic carbocycles. The van der Waals surface area contributed by atoms with Crippen LogP contribution in [0.2, 0.25) is 0 Å². The minimum absolute atomic E-state index is 0.00660. The molecule has 2 fully saturated rings. The van der Waals surface area contributed by atoms with Gasteiger partial charge in [0.25, 0.3) is 0 Å². The van der Waals surface area contributed by atoms with Crippen LogP contribution in [0.15, 0.2) is 0 Å².